The van der Waals surface area contributed by atoms with Crippen LogP contribution in [-0.4, -0.2) is 37.6 Å². The first kappa shape index (κ1) is 13.5. The van der Waals surface area contributed by atoms with Crippen molar-refractivity contribution in [1.29, 1.82) is 0 Å². The van der Waals surface area contributed by atoms with Gasteiger partial charge in [0.1, 0.15) is 0 Å². The number of hydrogen-bond acceptors (Lipinski definition) is 3. The molecule has 1 aliphatic rings. The van der Waals surface area contributed by atoms with E-state index in [4.69, 9.17) is 5.73 Å². The third-order valence-electron chi connectivity index (χ3n) is 3.41. The third-order valence-corrected chi connectivity index (χ3v) is 5.42. The van der Waals surface area contributed by atoms with Crippen LogP contribution in [0.25, 0.3) is 0 Å². The first-order chi connectivity index (χ1) is 8.54. The lowest BCUT2D eigenvalue weighted by molar-refractivity contribution is 0.469. The van der Waals surface area contributed by atoms with Gasteiger partial charge in [-0.05, 0) is 12.0 Å². The van der Waals surface area contributed by atoms with E-state index in [1.54, 1.807) is 4.31 Å². The van der Waals surface area contributed by atoms with Gasteiger partial charge in [-0.25, -0.2) is 8.42 Å². The molecule has 4 nitrogen and oxygen atoms in total. The average molecular weight is 268 g/mol. The van der Waals surface area contributed by atoms with Crippen LogP contribution in [-0.2, 0) is 10.0 Å². The molecule has 100 valence electrons. The second-order valence-electron chi connectivity index (χ2n) is 4.81. The van der Waals surface area contributed by atoms with Crippen LogP contribution in [0.4, 0.5) is 0 Å². The number of nitrogens with zero attached hydrogens (tertiary/aromatic N) is 1. The third kappa shape index (κ3) is 2.74. The van der Waals surface area contributed by atoms with Crippen LogP contribution in [0.3, 0.4) is 0 Å². The molecule has 1 aliphatic heterocycles. The molecule has 0 bridgehead atoms. The van der Waals surface area contributed by atoms with Gasteiger partial charge in [0, 0.05) is 25.0 Å². The summed E-state index contributed by atoms with van der Waals surface area (Å²) in [6.45, 7) is 2.82. The zero-order valence-electron chi connectivity index (χ0n) is 10.6. The summed E-state index contributed by atoms with van der Waals surface area (Å²) in [5.74, 6) is 0.319. The summed E-state index contributed by atoms with van der Waals surface area (Å²) in [6, 6.07) is 9.80. The molecule has 1 fully saturated rings. The summed E-state index contributed by atoms with van der Waals surface area (Å²) in [7, 11) is -3.13. The summed E-state index contributed by atoms with van der Waals surface area (Å²) in [6.07, 6.45) is 0.643. The van der Waals surface area contributed by atoms with Crippen LogP contribution < -0.4 is 5.73 Å². The van der Waals surface area contributed by atoms with Crippen LogP contribution in [0.2, 0.25) is 0 Å². The highest BCUT2D eigenvalue weighted by atomic mass is 32.2. The molecule has 1 saturated heterocycles. The Morgan fingerprint density at radius 1 is 1.28 bits per heavy atom. The van der Waals surface area contributed by atoms with Gasteiger partial charge in [-0.3, -0.25) is 0 Å². The van der Waals surface area contributed by atoms with E-state index in [-0.39, 0.29) is 17.7 Å². The molecule has 0 saturated carbocycles. The van der Waals surface area contributed by atoms with Crippen LogP contribution >= 0.6 is 0 Å². The van der Waals surface area contributed by atoms with Crippen LogP contribution in [0.15, 0.2) is 30.3 Å². The van der Waals surface area contributed by atoms with Gasteiger partial charge in [-0.2, -0.15) is 4.31 Å². The molecule has 0 aliphatic carbocycles. The molecule has 0 radical (unpaired) electrons. The van der Waals surface area contributed by atoms with E-state index in [0.717, 1.165) is 5.56 Å². The number of sulfonamides is 1. The molecule has 18 heavy (non-hydrogen) atoms. The molecule has 2 rings (SSSR count). The normalized spacial score (nSPS) is 25.4. The molecule has 0 unspecified atom stereocenters. The highest BCUT2D eigenvalue weighted by Crippen LogP contribution is 2.28. The van der Waals surface area contributed by atoms with Gasteiger partial charge >= 0.3 is 0 Å². The van der Waals surface area contributed by atoms with E-state index in [9.17, 15) is 8.42 Å². The maximum absolute atomic E-state index is 12.0. The highest BCUT2D eigenvalue weighted by Gasteiger charge is 2.36. The van der Waals surface area contributed by atoms with Crippen molar-refractivity contribution in [2.75, 3.05) is 18.8 Å². The summed E-state index contributed by atoms with van der Waals surface area (Å²) in [4.78, 5) is 0. The Morgan fingerprint density at radius 2 is 1.94 bits per heavy atom. The van der Waals surface area contributed by atoms with E-state index in [1.165, 1.54) is 0 Å². The smallest absolute Gasteiger partial charge is 0.214 e. The minimum absolute atomic E-state index is 0.109. The first-order valence-electron chi connectivity index (χ1n) is 6.33. The number of hydrogen-bond donors (Lipinski definition) is 1. The Morgan fingerprint density at radius 3 is 2.56 bits per heavy atom. The second kappa shape index (κ2) is 5.38. The van der Waals surface area contributed by atoms with Gasteiger partial charge < -0.3 is 5.73 Å². The van der Waals surface area contributed by atoms with Crippen molar-refractivity contribution < 1.29 is 8.42 Å². The summed E-state index contributed by atoms with van der Waals surface area (Å²) >= 11 is 0. The lowest BCUT2D eigenvalue weighted by Gasteiger charge is -2.16. The molecule has 2 atom stereocenters. The average Bonchev–Trinajstić information content (AvgIpc) is 2.73. The van der Waals surface area contributed by atoms with E-state index >= 15 is 0 Å². The second-order valence-corrected chi connectivity index (χ2v) is 6.90. The van der Waals surface area contributed by atoms with E-state index in [0.29, 0.717) is 19.5 Å². The lowest BCUT2D eigenvalue weighted by Crippen LogP contribution is -2.33. The fourth-order valence-electron chi connectivity index (χ4n) is 2.46. The zero-order chi connectivity index (χ0) is 13.2. The summed E-state index contributed by atoms with van der Waals surface area (Å²) < 4.78 is 25.6. The molecular weight excluding hydrogens is 248 g/mol. The van der Waals surface area contributed by atoms with Gasteiger partial charge in [-0.1, -0.05) is 37.3 Å². The first-order valence-corrected chi connectivity index (χ1v) is 7.94. The molecule has 5 heteroatoms. The minimum atomic E-state index is -3.13. The van der Waals surface area contributed by atoms with Gasteiger partial charge in [0.15, 0.2) is 0 Å². The number of rotatable bonds is 4. The SMILES string of the molecule is CCCS(=O)(=O)N1C[C@@H](N)[C@H](c2ccccc2)C1. The van der Waals surface area contributed by atoms with E-state index in [1.807, 2.05) is 37.3 Å². The Kier molecular flexibility index (Phi) is 4.04. The molecule has 1 aromatic carbocycles. The molecule has 1 aromatic rings. The molecule has 0 spiro atoms. The topological polar surface area (TPSA) is 63.4 Å². The van der Waals surface area contributed by atoms with Gasteiger partial charge in [0.2, 0.25) is 10.0 Å². The predicted octanol–water partition coefficient (Wildman–Crippen LogP) is 1.15. The summed E-state index contributed by atoms with van der Waals surface area (Å²) in [5.41, 5.74) is 7.21. The van der Waals surface area contributed by atoms with Crippen molar-refractivity contribution in [3.8, 4) is 0 Å². The quantitative estimate of drug-likeness (QED) is 0.891. The number of nitrogens with two attached hydrogens (primary N) is 1. The Balaban J connectivity index is 2.15. The largest absolute Gasteiger partial charge is 0.326 e. The van der Waals surface area contributed by atoms with Gasteiger partial charge in [0.05, 0.1) is 5.75 Å². The Bertz CT molecular complexity index is 487. The Hall–Kier alpha value is -0.910. The molecule has 0 amide bonds. The van der Waals surface area contributed by atoms with Crippen molar-refractivity contribution in [2.24, 2.45) is 5.73 Å². The lowest BCUT2D eigenvalue weighted by atomic mass is 9.95. The fraction of sp³-hybridized carbons (Fsp3) is 0.538. The van der Waals surface area contributed by atoms with E-state index < -0.39 is 10.0 Å². The van der Waals surface area contributed by atoms with Crippen molar-refractivity contribution in [2.45, 2.75) is 25.3 Å². The van der Waals surface area contributed by atoms with Crippen LogP contribution in [0.1, 0.15) is 24.8 Å². The van der Waals surface area contributed by atoms with E-state index in [2.05, 4.69) is 0 Å². The Labute approximate surface area is 109 Å². The highest BCUT2D eigenvalue weighted by molar-refractivity contribution is 7.89. The van der Waals surface area contributed by atoms with Crippen molar-refractivity contribution >= 4 is 10.0 Å². The maximum Gasteiger partial charge on any atom is 0.214 e. The van der Waals surface area contributed by atoms with Crippen molar-refractivity contribution in [3.63, 3.8) is 0 Å². The monoisotopic (exact) mass is 268 g/mol. The van der Waals surface area contributed by atoms with Crippen molar-refractivity contribution in [3.05, 3.63) is 35.9 Å². The predicted molar refractivity (Wildman–Crippen MR) is 72.8 cm³/mol. The van der Waals surface area contributed by atoms with Crippen molar-refractivity contribution in [1.82, 2.24) is 4.31 Å². The van der Waals surface area contributed by atoms with Crippen LogP contribution in [0, 0.1) is 0 Å². The standard InChI is InChI=1S/C13H20N2O2S/c1-2-8-18(16,17)15-9-12(13(14)10-15)11-6-4-3-5-7-11/h3-7,12-13H,2,8-10,14H2,1H3/t12-,13+/m0/s1. The number of benzene rings is 1. The minimum Gasteiger partial charge on any atom is -0.326 e. The van der Waals surface area contributed by atoms with Crippen LogP contribution in [0.5, 0.6) is 0 Å². The molecule has 2 N–H and O–H groups in total. The molecule has 0 aromatic heterocycles. The molecular formula is C13H20N2O2S. The van der Waals surface area contributed by atoms with Gasteiger partial charge in [0.25, 0.3) is 0 Å². The fourth-order valence-corrected chi connectivity index (χ4v) is 4.02. The van der Waals surface area contributed by atoms with Gasteiger partial charge in [-0.15, -0.1) is 0 Å². The maximum atomic E-state index is 12.0. The molecule has 1 heterocycles. The zero-order valence-corrected chi connectivity index (χ0v) is 11.4. The summed E-state index contributed by atoms with van der Waals surface area (Å²) in [5, 5.41) is 0.